The molecular weight excluding hydrogens is 294 g/mol. The van der Waals surface area contributed by atoms with Crippen LogP contribution in [0.1, 0.15) is 67.2 Å². The maximum Gasteiger partial charge on any atom is 0.189 e. The fourth-order valence-corrected chi connectivity index (χ4v) is 7.08. The zero-order valence-electron chi connectivity index (χ0n) is 16.2. The highest BCUT2D eigenvalue weighted by molar-refractivity contribution is 5.79. The molecule has 0 aromatic carbocycles. The molecule has 6 aliphatic carbocycles. The van der Waals surface area contributed by atoms with E-state index in [1.165, 1.54) is 24.0 Å². The normalized spacial score (nSPS) is 43.8. The lowest BCUT2D eigenvalue weighted by atomic mass is 9.38. The Kier molecular flexibility index (Phi) is 2.90. The number of nitrogens with two attached hydrogens (primary N) is 1. The Hall–Kier alpha value is -1.25. The Balaban J connectivity index is 1.93. The summed E-state index contributed by atoms with van der Waals surface area (Å²) in [6, 6.07) is 0. The number of fused-ring (bicyclic) bond motifs is 2. The third-order valence-electron chi connectivity index (χ3n) is 8.98. The van der Waals surface area contributed by atoms with Crippen molar-refractivity contribution in [3.8, 4) is 0 Å². The number of hydrogen-bond donors (Lipinski definition) is 2. The molecule has 0 amide bonds. The lowest BCUT2D eigenvalue weighted by molar-refractivity contribution is -0.205. The number of nitrogens with one attached hydrogen (secondary N) is 1. The second kappa shape index (κ2) is 4.28. The van der Waals surface area contributed by atoms with E-state index in [9.17, 15) is 0 Å². The van der Waals surface area contributed by atoms with E-state index in [-0.39, 0.29) is 27.9 Å². The predicted octanol–water partition coefficient (Wildman–Crippen LogP) is 4.45. The van der Waals surface area contributed by atoms with E-state index in [4.69, 9.17) is 11.1 Å². The lowest BCUT2D eigenvalue weighted by Crippen LogP contribution is -2.84. The molecule has 3 N–H and O–H groups in total. The Morgan fingerprint density at radius 2 is 1.33 bits per heavy atom. The summed E-state index contributed by atoms with van der Waals surface area (Å²) in [6.45, 7) is 14.1. The van der Waals surface area contributed by atoms with E-state index in [1.54, 1.807) is 0 Å². The number of nitrogens with zero attached hydrogens (tertiary/aromatic N) is 1. The van der Waals surface area contributed by atoms with Crippen molar-refractivity contribution < 1.29 is 0 Å². The van der Waals surface area contributed by atoms with Crippen LogP contribution < -0.4 is 5.73 Å². The third-order valence-corrected chi connectivity index (χ3v) is 8.98. The Morgan fingerprint density at radius 3 is 1.58 bits per heavy atom. The molecule has 0 aromatic rings. The highest BCUT2D eigenvalue weighted by Gasteiger charge is 2.74. The fourth-order valence-electron chi connectivity index (χ4n) is 7.08. The molecule has 24 heavy (non-hydrogen) atoms. The number of guanidine groups is 1. The molecule has 4 bridgehead atoms. The van der Waals surface area contributed by atoms with E-state index in [1.807, 2.05) is 0 Å². The molecule has 0 spiro atoms. The van der Waals surface area contributed by atoms with Gasteiger partial charge in [0.15, 0.2) is 5.96 Å². The summed E-state index contributed by atoms with van der Waals surface area (Å²) in [4.78, 5) is 2.38. The highest BCUT2D eigenvalue weighted by atomic mass is 15.4. The molecule has 0 radical (unpaired) electrons. The minimum Gasteiger partial charge on any atom is -0.370 e. The smallest absolute Gasteiger partial charge is 0.189 e. The van der Waals surface area contributed by atoms with Crippen LogP contribution in [-0.4, -0.2) is 21.9 Å². The molecule has 4 atom stereocenters. The molecule has 0 aliphatic heterocycles. The highest BCUT2D eigenvalue weighted by Crippen LogP contribution is 2.72. The molecule has 0 heterocycles. The molecule has 0 aromatic heterocycles. The van der Waals surface area contributed by atoms with E-state index in [0.29, 0.717) is 11.8 Å². The second-order valence-electron chi connectivity index (χ2n) is 9.93. The van der Waals surface area contributed by atoms with Gasteiger partial charge in [-0.15, -0.1) is 0 Å². The standard InChI is InChI=1S/C21H33N3/c1-13-7-9-15-11-20(13,18(15,3)4)24(17(22)23)21-12-16(19(21,5)6)10-8-14(21)2/h7-8,15-16H,9-12H2,1-6H3,(H3,22,23). The van der Waals surface area contributed by atoms with Gasteiger partial charge in [0.05, 0.1) is 11.1 Å². The molecule has 132 valence electrons. The SMILES string of the molecule is CC1=CCC2CC1(N(C(=N)N)C13CC(CC=C1C)C3(C)C)C2(C)C. The minimum absolute atomic E-state index is 0.0869. The molecule has 6 rings (SSSR count). The summed E-state index contributed by atoms with van der Waals surface area (Å²) in [5.41, 5.74) is 9.37. The van der Waals surface area contributed by atoms with Crippen LogP contribution in [0.4, 0.5) is 0 Å². The van der Waals surface area contributed by atoms with Crippen LogP contribution >= 0.6 is 0 Å². The monoisotopic (exact) mass is 327 g/mol. The van der Waals surface area contributed by atoms with Crippen molar-refractivity contribution in [2.75, 3.05) is 0 Å². The van der Waals surface area contributed by atoms with Gasteiger partial charge in [-0.1, -0.05) is 51.0 Å². The van der Waals surface area contributed by atoms with E-state index < -0.39 is 0 Å². The molecule has 3 nitrogen and oxygen atoms in total. The molecule has 2 fully saturated rings. The Morgan fingerprint density at radius 1 is 0.958 bits per heavy atom. The average Bonchev–Trinajstić information content (AvgIpc) is 2.49. The molecular formula is C21H33N3. The zero-order valence-corrected chi connectivity index (χ0v) is 16.2. The van der Waals surface area contributed by atoms with Crippen molar-refractivity contribution in [2.24, 2.45) is 28.4 Å². The van der Waals surface area contributed by atoms with Crippen molar-refractivity contribution >= 4 is 5.96 Å². The van der Waals surface area contributed by atoms with E-state index in [0.717, 1.165) is 12.8 Å². The number of rotatable bonds is 2. The summed E-state index contributed by atoms with van der Waals surface area (Å²) >= 11 is 0. The van der Waals surface area contributed by atoms with Crippen molar-refractivity contribution in [3.63, 3.8) is 0 Å². The molecule has 6 aliphatic rings. The maximum atomic E-state index is 8.61. The van der Waals surface area contributed by atoms with Crippen molar-refractivity contribution in [1.29, 1.82) is 5.41 Å². The quantitative estimate of drug-likeness (QED) is 0.447. The largest absolute Gasteiger partial charge is 0.370 e. The summed E-state index contributed by atoms with van der Waals surface area (Å²) < 4.78 is 0. The number of hydrogen-bond acceptors (Lipinski definition) is 1. The van der Waals surface area contributed by atoms with Gasteiger partial charge in [-0.2, -0.15) is 0 Å². The molecule has 0 saturated heterocycles. The van der Waals surface area contributed by atoms with Crippen LogP contribution in [0.25, 0.3) is 0 Å². The van der Waals surface area contributed by atoms with Gasteiger partial charge in [0.25, 0.3) is 0 Å². The van der Waals surface area contributed by atoms with Crippen LogP contribution in [0.5, 0.6) is 0 Å². The van der Waals surface area contributed by atoms with Gasteiger partial charge in [0.1, 0.15) is 0 Å². The fraction of sp³-hybridized carbons (Fsp3) is 0.762. The van der Waals surface area contributed by atoms with Crippen LogP contribution in [-0.2, 0) is 0 Å². The topological polar surface area (TPSA) is 53.1 Å². The van der Waals surface area contributed by atoms with Gasteiger partial charge in [-0.3, -0.25) is 5.41 Å². The van der Waals surface area contributed by atoms with Gasteiger partial charge < -0.3 is 10.6 Å². The minimum atomic E-state index is -0.0869. The van der Waals surface area contributed by atoms with E-state index in [2.05, 4.69) is 58.6 Å². The average molecular weight is 328 g/mol. The summed E-state index contributed by atoms with van der Waals surface area (Å²) in [5, 5.41) is 8.61. The first-order valence-corrected chi connectivity index (χ1v) is 9.52. The van der Waals surface area contributed by atoms with Gasteiger partial charge in [0, 0.05) is 0 Å². The van der Waals surface area contributed by atoms with Gasteiger partial charge in [0.2, 0.25) is 0 Å². The molecule has 2 saturated carbocycles. The van der Waals surface area contributed by atoms with Gasteiger partial charge in [-0.25, -0.2) is 0 Å². The molecule has 4 unspecified atom stereocenters. The van der Waals surface area contributed by atoms with Gasteiger partial charge in [-0.05, 0) is 62.2 Å². The Bertz CT molecular complexity index is 631. The number of allylic oxidation sites excluding steroid dienone is 2. The van der Waals surface area contributed by atoms with Gasteiger partial charge >= 0.3 is 0 Å². The predicted molar refractivity (Wildman–Crippen MR) is 99.7 cm³/mol. The molecule has 3 heteroatoms. The van der Waals surface area contributed by atoms with Crippen molar-refractivity contribution in [2.45, 2.75) is 78.3 Å². The lowest BCUT2D eigenvalue weighted by Gasteiger charge is -2.78. The van der Waals surface area contributed by atoms with Crippen LogP contribution in [0.3, 0.4) is 0 Å². The summed E-state index contributed by atoms with van der Waals surface area (Å²) in [5.74, 6) is 1.69. The van der Waals surface area contributed by atoms with Crippen LogP contribution in [0, 0.1) is 28.1 Å². The zero-order chi connectivity index (χ0) is 17.7. The van der Waals surface area contributed by atoms with Crippen LogP contribution in [0.2, 0.25) is 0 Å². The van der Waals surface area contributed by atoms with Crippen molar-refractivity contribution in [3.05, 3.63) is 23.3 Å². The second-order valence-corrected chi connectivity index (χ2v) is 9.93. The summed E-state index contributed by atoms with van der Waals surface area (Å²) in [6.07, 6.45) is 9.49. The summed E-state index contributed by atoms with van der Waals surface area (Å²) in [7, 11) is 0. The van der Waals surface area contributed by atoms with E-state index >= 15 is 0 Å². The van der Waals surface area contributed by atoms with Crippen LogP contribution in [0.15, 0.2) is 23.3 Å². The van der Waals surface area contributed by atoms with Crippen molar-refractivity contribution in [1.82, 2.24) is 4.90 Å². The Labute approximate surface area is 146 Å². The first-order valence-electron chi connectivity index (χ1n) is 9.52. The third kappa shape index (κ3) is 1.37. The maximum absolute atomic E-state index is 8.61. The first kappa shape index (κ1) is 16.2. The first-order chi connectivity index (χ1) is 11.0.